The quantitative estimate of drug-likeness (QED) is 0.571. The van der Waals surface area contributed by atoms with Crippen LogP contribution in [0.2, 0.25) is 0 Å². The Morgan fingerprint density at radius 2 is 2.00 bits per heavy atom. The van der Waals surface area contributed by atoms with Crippen LogP contribution in [0.4, 0.5) is 18.0 Å². The number of carbonyl (C=O) groups is 2. The second-order valence-corrected chi connectivity index (χ2v) is 7.02. The Hall–Kier alpha value is -2.30. The van der Waals surface area contributed by atoms with Crippen molar-refractivity contribution in [1.82, 2.24) is 4.90 Å². The minimum atomic E-state index is -5.80. The van der Waals surface area contributed by atoms with Crippen LogP contribution in [0.25, 0.3) is 0 Å². The lowest BCUT2D eigenvalue weighted by atomic mass is 9.87. The van der Waals surface area contributed by atoms with E-state index in [1.807, 2.05) is 0 Å². The van der Waals surface area contributed by atoms with E-state index in [2.05, 4.69) is 4.18 Å². The molecule has 1 aromatic carbocycles. The summed E-state index contributed by atoms with van der Waals surface area (Å²) in [6.07, 6.45) is -1.44. The fourth-order valence-electron chi connectivity index (χ4n) is 2.54. The molecule has 2 rings (SSSR count). The van der Waals surface area contributed by atoms with E-state index in [0.29, 0.717) is 11.1 Å². The monoisotopic (exact) mass is 380 g/mol. The van der Waals surface area contributed by atoms with Gasteiger partial charge in [-0.1, -0.05) is 6.07 Å². The highest BCUT2D eigenvalue weighted by Crippen LogP contribution is 2.31. The number of nitrogens with zero attached hydrogens (tertiary/aromatic N) is 1. The highest BCUT2D eigenvalue weighted by atomic mass is 32.2. The van der Waals surface area contributed by atoms with Crippen LogP contribution in [0.15, 0.2) is 18.2 Å². The highest BCUT2D eigenvalue weighted by molar-refractivity contribution is 7.88. The molecular formula is C14H13F3NO6S-. The number of piperidine rings is 1. The van der Waals surface area contributed by atoms with E-state index in [0.717, 1.165) is 17.0 Å². The topological polar surface area (TPSA) is 104 Å². The molecule has 1 unspecified atom stereocenters. The number of rotatable bonds is 3. The average Bonchev–Trinajstić information content (AvgIpc) is 2.46. The fourth-order valence-corrected chi connectivity index (χ4v) is 2.99. The summed E-state index contributed by atoms with van der Waals surface area (Å²) in [4.78, 5) is 23.9. The molecule has 0 aromatic heterocycles. The van der Waals surface area contributed by atoms with Gasteiger partial charge in [0.15, 0.2) is 0 Å². The Labute approximate surface area is 141 Å². The van der Waals surface area contributed by atoms with Crippen molar-refractivity contribution in [3.05, 3.63) is 29.3 Å². The number of hydrogen-bond acceptors (Lipinski definition) is 6. The smallest absolute Gasteiger partial charge is 0.530 e. The molecule has 7 nitrogen and oxygen atoms in total. The number of halogens is 3. The number of alkyl halides is 3. The molecule has 25 heavy (non-hydrogen) atoms. The number of likely N-dealkylation sites (tertiary alicyclic amines) is 1. The lowest BCUT2D eigenvalue weighted by Crippen LogP contribution is -2.48. The van der Waals surface area contributed by atoms with Gasteiger partial charge in [-0.05, 0) is 30.2 Å². The number of Topliss-reactive ketones (excluding diaryl/α,β-unsaturated/α-hetero) is 1. The normalized spacial score (nSPS) is 19.0. The van der Waals surface area contributed by atoms with Gasteiger partial charge >= 0.3 is 15.6 Å². The van der Waals surface area contributed by atoms with Gasteiger partial charge in [0, 0.05) is 19.5 Å². The van der Waals surface area contributed by atoms with Gasteiger partial charge in [0.2, 0.25) is 0 Å². The lowest BCUT2D eigenvalue weighted by Gasteiger charge is -2.34. The molecule has 0 saturated carbocycles. The first kappa shape index (κ1) is 19.0. The molecule has 1 saturated heterocycles. The van der Waals surface area contributed by atoms with Gasteiger partial charge in [-0.15, -0.1) is 0 Å². The number of aryl methyl sites for hydroxylation is 1. The third-order valence-corrected chi connectivity index (χ3v) is 4.76. The van der Waals surface area contributed by atoms with Crippen molar-refractivity contribution in [3.8, 4) is 5.75 Å². The third kappa shape index (κ3) is 4.03. The van der Waals surface area contributed by atoms with E-state index in [1.54, 1.807) is 0 Å². The summed E-state index contributed by atoms with van der Waals surface area (Å²) in [6, 6.07) is 3.28. The van der Waals surface area contributed by atoms with Crippen LogP contribution in [-0.4, -0.2) is 43.8 Å². The van der Waals surface area contributed by atoms with E-state index in [1.165, 1.54) is 13.0 Å². The van der Waals surface area contributed by atoms with Crippen molar-refractivity contribution < 1.29 is 40.5 Å². The summed E-state index contributed by atoms with van der Waals surface area (Å²) in [6.45, 7) is 1.33. The van der Waals surface area contributed by atoms with Crippen LogP contribution in [-0.2, 0) is 14.9 Å². The minimum Gasteiger partial charge on any atom is -0.530 e. The summed E-state index contributed by atoms with van der Waals surface area (Å²) < 4.78 is 63.0. The summed E-state index contributed by atoms with van der Waals surface area (Å²) in [5.41, 5.74) is -4.88. The maximum atomic E-state index is 12.3. The fraction of sp³-hybridized carbons (Fsp3) is 0.429. The molecular weight excluding hydrogens is 367 g/mol. The van der Waals surface area contributed by atoms with Crippen molar-refractivity contribution in [3.63, 3.8) is 0 Å². The van der Waals surface area contributed by atoms with Gasteiger partial charge in [-0.2, -0.15) is 21.6 Å². The van der Waals surface area contributed by atoms with Gasteiger partial charge in [-0.25, -0.2) is 0 Å². The molecule has 0 N–H and O–H groups in total. The van der Waals surface area contributed by atoms with Crippen molar-refractivity contribution in [2.75, 3.05) is 13.1 Å². The SMILES string of the molecule is Cc1cc(OS(=O)(=O)C(F)(F)F)ccc1C1CN(C(=O)[O-])CCC1=O. The zero-order valence-electron chi connectivity index (χ0n) is 12.9. The van der Waals surface area contributed by atoms with Gasteiger partial charge in [0.25, 0.3) is 0 Å². The largest absolute Gasteiger partial charge is 0.534 e. The number of carbonyl (C=O) groups excluding carboxylic acids is 2. The molecule has 138 valence electrons. The molecule has 1 aliphatic rings. The van der Waals surface area contributed by atoms with Gasteiger partial charge in [-0.3, -0.25) is 4.79 Å². The van der Waals surface area contributed by atoms with E-state index in [9.17, 15) is 36.3 Å². The molecule has 0 radical (unpaired) electrons. The summed E-state index contributed by atoms with van der Waals surface area (Å²) in [5.74, 6) is -1.59. The predicted molar refractivity (Wildman–Crippen MR) is 76.1 cm³/mol. The van der Waals surface area contributed by atoms with E-state index in [-0.39, 0.29) is 25.3 Å². The molecule has 1 heterocycles. The Morgan fingerprint density at radius 3 is 2.52 bits per heavy atom. The Kier molecular flexibility index (Phi) is 4.98. The lowest BCUT2D eigenvalue weighted by molar-refractivity contribution is -0.266. The standard InChI is InChI=1S/C14H14F3NO6S/c1-8-6-9(24-25(22,23)14(15,16)17)2-3-10(8)11-7-18(13(20)21)5-4-12(11)19/h2-3,6,11H,4-5,7H2,1H3,(H,20,21)/p-1. The number of amides is 1. The second-order valence-electron chi connectivity index (χ2n) is 5.48. The highest BCUT2D eigenvalue weighted by Gasteiger charge is 2.48. The van der Waals surface area contributed by atoms with Crippen LogP contribution in [0, 0.1) is 6.92 Å². The van der Waals surface area contributed by atoms with Crippen molar-refractivity contribution in [2.45, 2.75) is 24.8 Å². The zero-order chi connectivity index (χ0) is 19.0. The predicted octanol–water partition coefficient (Wildman–Crippen LogP) is 0.925. The van der Waals surface area contributed by atoms with Gasteiger partial charge in [0.05, 0.1) is 5.92 Å². The Balaban J connectivity index is 2.27. The number of ketones is 1. The first-order valence-corrected chi connectivity index (χ1v) is 8.43. The van der Waals surface area contributed by atoms with Crippen molar-refractivity contribution >= 4 is 22.0 Å². The zero-order valence-corrected chi connectivity index (χ0v) is 13.7. The summed E-state index contributed by atoms with van der Waals surface area (Å²) >= 11 is 0. The molecule has 1 atom stereocenters. The van der Waals surface area contributed by atoms with Crippen LogP contribution in [0.3, 0.4) is 0 Å². The molecule has 0 bridgehead atoms. The van der Waals surface area contributed by atoms with Crippen LogP contribution >= 0.6 is 0 Å². The molecule has 1 amide bonds. The molecule has 0 aliphatic carbocycles. The maximum absolute atomic E-state index is 12.3. The van der Waals surface area contributed by atoms with Crippen LogP contribution in [0.5, 0.6) is 5.75 Å². The first-order valence-electron chi connectivity index (χ1n) is 7.02. The average molecular weight is 380 g/mol. The molecule has 11 heteroatoms. The summed E-state index contributed by atoms with van der Waals surface area (Å²) in [5, 5.41) is 10.9. The minimum absolute atomic E-state index is 0.0151. The molecule has 1 aromatic rings. The van der Waals surface area contributed by atoms with Gasteiger partial charge < -0.3 is 19.0 Å². The molecule has 0 spiro atoms. The number of carboxylic acid groups (broad SMARTS) is 1. The van der Waals surface area contributed by atoms with Crippen LogP contribution < -0.4 is 9.29 Å². The third-order valence-electron chi connectivity index (χ3n) is 3.78. The van der Waals surface area contributed by atoms with Crippen molar-refractivity contribution in [2.24, 2.45) is 0 Å². The van der Waals surface area contributed by atoms with Crippen molar-refractivity contribution in [1.29, 1.82) is 0 Å². The first-order chi connectivity index (χ1) is 11.4. The molecule has 1 fully saturated rings. The number of benzene rings is 1. The number of hydrogen-bond donors (Lipinski definition) is 0. The van der Waals surface area contributed by atoms with Gasteiger partial charge in [0.1, 0.15) is 17.6 Å². The molecule has 1 aliphatic heterocycles. The Bertz CT molecular complexity index is 805. The van der Waals surface area contributed by atoms with E-state index >= 15 is 0 Å². The van der Waals surface area contributed by atoms with E-state index < -0.39 is 33.4 Å². The second kappa shape index (κ2) is 6.54. The summed E-state index contributed by atoms with van der Waals surface area (Å²) in [7, 11) is -5.80. The van der Waals surface area contributed by atoms with E-state index in [4.69, 9.17) is 0 Å². The maximum Gasteiger partial charge on any atom is 0.534 e. The Morgan fingerprint density at radius 1 is 1.36 bits per heavy atom. The van der Waals surface area contributed by atoms with Crippen LogP contribution in [0.1, 0.15) is 23.5 Å².